The number of ether oxygens (including phenoxy) is 2. The van der Waals surface area contributed by atoms with Crippen LogP contribution in [0.2, 0.25) is 0 Å². The zero-order valence-electron chi connectivity index (χ0n) is 14.2. The number of nitrogens with zero attached hydrogens (tertiary/aromatic N) is 1. The van der Waals surface area contributed by atoms with E-state index in [1.807, 2.05) is 35.2 Å². The predicted molar refractivity (Wildman–Crippen MR) is 91.5 cm³/mol. The normalized spacial score (nSPS) is 27.4. The first kappa shape index (κ1) is 15.7. The molecule has 0 N–H and O–H groups in total. The zero-order chi connectivity index (χ0) is 16.6. The fourth-order valence-corrected chi connectivity index (χ4v) is 4.23. The molecular weight excluding hydrogens is 302 g/mol. The van der Waals surface area contributed by atoms with Gasteiger partial charge in [-0.15, -0.1) is 0 Å². The summed E-state index contributed by atoms with van der Waals surface area (Å²) in [6, 6.07) is 10.4. The van der Waals surface area contributed by atoms with Crippen LogP contribution in [0.15, 0.2) is 42.0 Å². The predicted octanol–water partition coefficient (Wildman–Crippen LogP) is 3.91. The molecule has 1 aromatic carbocycles. The topological polar surface area (TPSA) is 38.8 Å². The molecule has 0 aromatic heterocycles. The summed E-state index contributed by atoms with van der Waals surface area (Å²) < 4.78 is 10.9. The van der Waals surface area contributed by atoms with Crippen LogP contribution in [0.3, 0.4) is 0 Å². The monoisotopic (exact) mass is 327 g/mol. The number of hydrogen-bond donors (Lipinski definition) is 0. The first-order valence-corrected chi connectivity index (χ1v) is 8.89. The molecule has 2 bridgehead atoms. The Hall–Kier alpha value is -1.81. The van der Waals surface area contributed by atoms with Crippen LogP contribution in [0, 0.1) is 5.41 Å². The molecule has 2 atom stereocenters. The average Bonchev–Trinajstić information content (AvgIpc) is 2.83. The molecular formula is C20H25NO3. The summed E-state index contributed by atoms with van der Waals surface area (Å²) in [5.74, 6) is 0. The first-order chi connectivity index (χ1) is 11.6. The number of benzene rings is 1. The standard InChI is InChI=1S/C20H25NO3/c1-20(13-23-14-20)11-16-9-17-7-8-18(10-16)21(17)19(22)24-12-15-5-3-2-4-6-15/h2-6,9,17-18H,7-8,10-14H2,1H3. The lowest BCUT2D eigenvalue weighted by atomic mass is 9.79. The first-order valence-electron chi connectivity index (χ1n) is 8.89. The SMILES string of the molecule is CC1(CC2=CC3CCC(C2)N3C(=O)OCc2ccccc2)COC1. The lowest BCUT2D eigenvalue weighted by Crippen LogP contribution is -2.45. The molecule has 24 heavy (non-hydrogen) atoms. The summed E-state index contributed by atoms with van der Waals surface area (Å²) in [6.45, 7) is 4.37. The minimum atomic E-state index is -0.167. The minimum Gasteiger partial charge on any atom is -0.445 e. The Labute approximate surface area is 143 Å². The highest BCUT2D eigenvalue weighted by Gasteiger charge is 2.42. The van der Waals surface area contributed by atoms with E-state index >= 15 is 0 Å². The lowest BCUT2D eigenvalue weighted by Gasteiger charge is -2.41. The van der Waals surface area contributed by atoms with Crippen molar-refractivity contribution in [2.24, 2.45) is 5.41 Å². The molecule has 0 saturated carbocycles. The molecule has 3 heterocycles. The Kier molecular flexibility index (Phi) is 4.09. The van der Waals surface area contributed by atoms with Crippen LogP contribution < -0.4 is 0 Å². The van der Waals surface area contributed by atoms with E-state index in [9.17, 15) is 4.79 Å². The maximum atomic E-state index is 12.5. The number of amides is 1. The zero-order valence-corrected chi connectivity index (χ0v) is 14.2. The molecule has 2 unspecified atom stereocenters. The summed E-state index contributed by atoms with van der Waals surface area (Å²) in [6.07, 6.45) is 6.39. The molecule has 2 saturated heterocycles. The highest BCUT2D eigenvalue weighted by Crippen LogP contribution is 2.41. The third kappa shape index (κ3) is 3.07. The molecule has 3 aliphatic rings. The van der Waals surface area contributed by atoms with Gasteiger partial charge in [0.1, 0.15) is 6.61 Å². The van der Waals surface area contributed by atoms with Gasteiger partial charge in [-0.1, -0.05) is 48.9 Å². The van der Waals surface area contributed by atoms with Crippen molar-refractivity contribution in [3.8, 4) is 0 Å². The second-order valence-electron chi connectivity index (χ2n) is 7.76. The molecule has 0 spiro atoms. The summed E-state index contributed by atoms with van der Waals surface area (Å²) in [5, 5.41) is 0. The summed E-state index contributed by atoms with van der Waals surface area (Å²) in [7, 11) is 0. The van der Waals surface area contributed by atoms with Gasteiger partial charge < -0.3 is 9.47 Å². The second kappa shape index (κ2) is 6.25. The van der Waals surface area contributed by atoms with Crippen LogP contribution in [0.25, 0.3) is 0 Å². The van der Waals surface area contributed by atoms with E-state index in [-0.39, 0.29) is 12.1 Å². The minimum absolute atomic E-state index is 0.167. The average molecular weight is 327 g/mol. The van der Waals surface area contributed by atoms with Crippen molar-refractivity contribution < 1.29 is 14.3 Å². The molecule has 4 heteroatoms. The highest BCUT2D eigenvalue weighted by molar-refractivity contribution is 5.70. The van der Waals surface area contributed by atoms with Gasteiger partial charge in [-0.05, 0) is 31.2 Å². The van der Waals surface area contributed by atoms with Gasteiger partial charge in [-0.2, -0.15) is 0 Å². The summed E-state index contributed by atoms with van der Waals surface area (Å²) in [4.78, 5) is 14.5. The summed E-state index contributed by atoms with van der Waals surface area (Å²) in [5.41, 5.74) is 2.84. The second-order valence-corrected chi connectivity index (χ2v) is 7.76. The maximum absolute atomic E-state index is 12.5. The van der Waals surface area contributed by atoms with Gasteiger partial charge in [0.25, 0.3) is 0 Å². The van der Waals surface area contributed by atoms with E-state index in [0.29, 0.717) is 18.1 Å². The maximum Gasteiger partial charge on any atom is 0.410 e. The summed E-state index contributed by atoms with van der Waals surface area (Å²) >= 11 is 0. The Morgan fingerprint density at radius 3 is 2.75 bits per heavy atom. The van der Waals surface area contributed by atoms with Crippen LogP contribution in [-0.2, 0) is 16.1 Å². The van der Waals surface area contributed by atoms with E-state index in [2.05, 4.69) is 13.0 Å². The van der Waals surface area contributed by atoms with E-state index < -0.39 is 0 Å². The van der Waals surface area contributed by atoms with Gasteiger partial charge in [0.15, 0.2) is 0 Å². The van der Waals surface area contributed by atoms with Gasteiger partial charge in [-0.25, -0.2) is 4.79 Å². The van der Waals surface area contributed by atoms with Gasteiger partial charge in [0.2, 0.25) is 0 Å². The van der Waals surface area contributed by atoms with E-state index in [4.69, 9.17) is 9.47 Å². The molecule has 0 radical (unpaired) electrons. The quantitative estimate of drug-likeness (QED) is 0.787. The van der Waals surface area contributed by atoms with Crippen LogP contribution in [-0.4, -0.2) is 36.3 Å². The van der Waals surface area contributed by atoms with Crippen LogP contribution >= 0.6 is 0 Å². The van der Waals surface area contributed by atoms with Crippen molar-refractivity contribution in [2.45, 2.75) is 51.3 Å². The lowest BCUT2D eigenvalue weighted by molar-refractivity contribution is -0.101. The van der Waals surface area contributed by atoms with Crippen molar-refractivity contribution in [3.05, 3.63) is 47.5 Å². The number of rotatable bonds is 4. The Bertz CT molecular complexity index is 636. The van der Waals surface area contributed by atoms with Crippen molar-refractivity contribution in [2.75, 3.05) is 13.2 Å². The van der Waals surface area contributed by atoms with Crippen molar-refractivity contribution in [1.29, 1.82) is 0 Å². The largest absolute Gasteiger partial charge is 0.445 e. The molecule has 4 rings (SSSR count). The molecule has 2 fully saturated rings. The molecule has 1 amide bonds. The molecule has 128 valence electrons. The van der Waals surface area contributed by atoms with Crippen molar-refractivity contribution in [3.63, 3.8) is 0 Å². The van der Waals surface area contributed by atoms with Crippen LogP contribution in [0.1, 0.15) is 38.2 Å². The van der Waals surface area contributed by atoms with E-state index in [1.54, 1.807) is 0 Å². The smallest absolute Gasteiger partial charge is 0.410 e. The van der Waals surface area contributed by atoms with E-state index in [0.717, 1.165) is 44.5 Å². The van der Waals surface area contributed by atoms with Gasteiger partial charge in [0, 0.05) is 11.5 Å². The third-order valence-corrected chi connectivity index (χ3v) is 5.44. The Morgan fingerprint density at radius 2 is 2.08 bits per heavy atom. The number of hydrogen-bond acceptors (Lipinski definition) is 3. The number of fused-ring (bicyclic) bond motifs is 2. The van der Waals surface area contributed by atoms with Crippen LogP contribution in [0.5, 0.6) is 0 Å². The number of carbonyl (C=O) groups is 1. The van der Waals surface area contributed by atoms with Gasteiger partial charge in [0.05, 0.1) is 19.3 Å². The molecule has 4 nitrogen and oxygen atoms in total. The highest BCUT2D eigenvalue weighted by atomic mass is 16.6. The van der Waals surface area contributed by atoms with Crippen molar-refractivity contribution >= 4 is 6.09 Å². The fourth-order valence-electron chi connectivity index (χ4n) is 4.23. The molecule has 0 aliphatic carbocycles. The van der Waals surface area contributed by atoms with Gasteiger partial charge in [-0.3, -0.25) is 4.90 Å². The Morgan fingerprint density at radius 1 is 1.29 bits per heavy atom. The molecule has 1 aromatic rings. The van der Waals surface area contributed by atoms with E-state index in [1.165, 1.54) is 5.57 Å². The van der Waals surface area contributed by atoms with Crippen LogP contribution in [0.4, 0.5) is 4.79 Å². The molecule has 3 aliphatic heterocycles. The van der Waals surface area contributed by atoms with Crippen molar-refractivity contribution in [1.82, 2.24) is 4.90 Å². The van der Waals surface area contributed by atoms with Gasteiger partial charge >= 0.3 is 6.09 Å². The Balaban J connectivity index is 1.38. The fraction of sp³-hybridized carbons (Fsp3) is 0.550. The number of carbonyl (C=O) groups excluding carboxylic acids is 1. The third-order valence-electron chi connectivity index (χ3n) is 5.44.